The highest BCUT2D eigenvalue weighted by atomic mass is 35.5. The fraction of sp³-hybridized carbons (Fsp3) is 0.500. The molecule has 0 aromatic heterocycles. The van der Waals surface area contributed by atoms with Crippen LogP contribution in [0.3, 0.4) is 0 Å². The first kappa shape index (κ1) is 27.1. The van der Waals surface area contributed by atoms with Gasteiger partial charge in [0.15, 0.2) is 11.4 Å². The Morgan fingerprint density at radius 2 is 1.81 bits per heavy atom. The van der Waals surface area contributed by atoms with E-state index in [2.05, 4.69) is 4.90 Å². The van der Waals surface area contributed by atoms with Crippen molar-refractivity contribution in [3.63, 3.8) is 0 Å². The molecule has 200 valence electrons. The molecule has 1 aromatic carbocycles. The number of hydrogen-bond acceptors (Lipinski definition) is 9. The molecule has 0 heterocycles. The topological polar surface area (TPSA) is 165 Å². The van der Waals surface area contributed by atoms with Crippen molar-refractivity contribution in [3.05, 3.63) is 50.4 Å². The quantitative estimate of drug-likeness (QED) is 0.341. The number of ketones is 2. The summed E-state index contributed by atoms with van der Waals surface area (Å²) in [7, 11) is 3.17. The van der Waals surface area contributed by atoms with E-state index in [4.69, 9.17) is 17.3 Å². The Morgan fingerprint density at radius 3 is 2.35 bits per heavy atom. The van der Waals surface area contributed by atoms with Crippen molar-refractivity contribution >= 4 is 29.1 Å². The highest BCUT2D eigenvalue weighted by Crippen LogP contribution is 2.53. The predicted molar refractivity (Wildman–Crippen MR) is 135 cm³/mol. The standard InChI is InChI=1S/C26H32ClN3O7/c1-5-30(6-2)10-12-9-15(31)17-13(19(12)27)7-11-8-14-20(29(3)4)22(33)18(25(28)36)24(35)26(14,37)23(34)16(11)21(17)32/h9,11,14,20,31,33-34,37H,5-8,10H2,1-4H3,(H2,28,36)/t11-,14-,20-,26-/m0/s1. The van der Waals surface area contributed by atoms with Gasteiger partial charge < -0.3 is 26.2 Å². The molecule has 0 bridgehead atoms. The molecule has 1 amide bonds. The van der Waals surface area contributed by atoms with E-state index in [9.17, 15) is 34.8 Å². The summed E-state index contributed by atoms with van der Waals surface area (Å²) in [6, 6.07) is 0.387. The Kier molecular flexibility index (Phi) is 6.91. The van der Waals surface area contributed by atoms with E-state index in [0.717, 1.165) is 13.1 Å². The first-order valence-electron chi connectivity index (χ1n) is 12.2. The highest BCUT2D eigenvalue weighted by Gasteiger charge is 2.63. The van der Waals surface area contributed by atoms with Gasteiger partial charge in [0.1, 0.15) is 22.8 Å². The molecule has 0 saturated heterocycles. The van der Waals surface area contributed by atoms with Crippen molar-refractivity contribution < 1.29 is 34.8 Å². The molecule has 37 heavy (non-hydrogen) atoms. The highest BCUT2D eigenvalue weighted by molar-refractivity contribution is 6.33. The summed E-state index contributed by atoms with van der Waals surface area (Å²) in [6.07, 6.45) is 0.177. The summed E-state index contributed by atoms with van der Waals surface area (Å²) in [6.45, 7) is 5.99. The van der Waals surface area contributed by atoms with E-state index in [1.807, 2.05) is 13.8 Å². The van der Waals surface area contributed by atoms with Crippen LogP contribution in [-0.2, 0) is 22.6 Å². The predicted octanol–water partition coefficient (Wildman–Crippen LogP) is 1.62. The Hall–Kier alpha value is -2.92. The Balaban J connectivity index is 1.90. The zero-order valence-corrected chi connectivity index (χ0v) is 22.0. The number of primary amides is 1. The van der Waals surface area contributed by atoms with Crippen molar-refractivity contribution in [2.24, 2.45) is 17.6 Å². The van der Waals surface area contributed by atoms with Gasteiger partial charge >= 0.3 is 0 Å². The minimum absolute atomic E-state index is 0.0170. The molecule has 10 nitrogen and oxygen atoms in total. The number of aliphatic hydroxyl groups is 3. The zero-order chi connectivity index (χ0) is 27.6. The number of halogens is 1. The molecule has 0 saturated carbocycles. The van der Waals surface area contributed by atoms with E-state index >= 15 is 0 Å². The minimum Gasteiger partial charge on any atom is -0.510 e. The van der Waals surface area contributed by atoms with E-state index in [0.29, 0.717) is 22.7 Å². The summed E-state index contributed by atoms with van der Waals surface area (Å²) < 4.78 is 0. The number of carbonyl (C=O) groups is 3. The fourth-order valence-electron chi connectivity index (χ4n) is 6.16. The third-order valence-electron chi connectivity index (χ3n) is 8.02. The smallest absolute Gasteiger partial charge is 0.255 e. The first-order chi connectivity index (χ1) is 17.3. The Labute approximate surface area is 219 Å². The van der Waals surface area contributed by atoms with Gasteiger partial charge in [0.2, 0.25) is 5.78 Å². The molecule has 4 atom stereocenters. The number of nitrogens with two attached hydrogens (primary N) is 1. The molecule has 0 fully saturated rings. The minimum atomic E-state index is -2.66. The van der Waals surface area contributed by atoms with E-state index in [-0.39, 0.29) is 29.7 Å². The summed E-state index contributed by atoms with van der Waals surface area (Å²) in [5.41, 5.74) is 2.64. The first-order valence-corrected chi connectivity index (χ1v) is 12.6. The molecule has 0 radical (unpaired) electrons. The van der Waals surface area contributed by atoms with Crippen LogP contribution in [0.15, 0.2) is 28.7 Å². The molecular weight excluding hydrogens is 502 g/mol. The van der Waals surface area contributed by atoms with Crippen molar-refractivity contribution in [2.45, 2.75) is 44.9 Å². The second-order valence-electron chi connectivity index (χ2n) is 10.1. The Morgan fingerprint density at radius 1 is 1.19 bits per heavy atom. The molecule has 4 rings (SSSR count). The van der Waals surface area contributed by atoms with Crippen LogP contribution in [-0.4, -0.2) is 86.5 Å². The van der Waals surface area contributed by atoms with Crippen molar-refractivity contribution in [2.75, 3.05) is 27.2 Å². The van der Waals surface area contributed by atoms with Gasteiger partial charge in [0.25, 0.3) is 5.91 Å². The number of fused-ring (bicyclic) bond motifs is 3. The van der Waals surface area contributed by atoms with Crippen LogP contribution in [0.1, 0.15) is 41.8 Å². The number of hydrogen-bond donors (Lipinski definition) is 5. The summed E-state index contributed by atoms with van der Waals surface area (Å²) in [5, 5.41) is 44.9. The number of carbonyl (C=O) groups excluding carboxylic acids is 3. The molecule has 0 aliphatic heterocycles. The number of likely N-dealkylation sites (N-methyl/N-ethyl adjacent to an activating group) is 1. The number of Topliss-reactive ketones (excluding diaryl/α,β-unsaturated/α-hetero) is 2. The number of aliphatic hydroxyl groups excluding tert-OH is 2. The fourth-order valence-corrected chi connectivity index (χ4v) is 6.44. The van der Waals surface area contributed by atoms with Gasteiger partial charge in [-0.15, -0.1) is 0 Å². The third kappa shape index (κ3) is 3.85. The van der Waals surface area contributed by atoms with Crippen LogP contribution in [0.25, 0.3) is 0 Å². The van der Waals surface area contributed by atoms with Crippen molar-refractivity contribution in [1.82, 2.24) is 9.80 Å². The lowest BCUT2D eigenvalue weighted by atomic mass is 9.58. The van der Waals surface area contributed by atoms with Gasteiger partial charge in [0, 0.05) is 23.1 Å². The molecule has 3 aliphatic carbocycles. The molecule has 11 heteroatoms. The molecule has 0 unspecified atom stereocenters. The van der Waals surface area contributed by atoms with Crippen LogP contribution in [0.2, 0.25) is 5.02 Å². The molecule has 6 N–H and O–H groups in total. The number of phenols is 1. The number of phenolic OH excluding ortho intramolecular Hbond substituents is 1. The average Bonchev–Trinajstić information content (AvgIpc) is 2.82. The van der Waals surface area contributed by atoms with Gasteiger partial charge in [-0.1, -0.05) is 25.4 Å². The van der Waals surface area contributed by atoms with Crippen molar-refractivity contribution in [3.8, 4) is 5.75 Å². The van der Waals surface area contributed by atoms with E-state index in [1.54, 1.807) is 14.1 Å². The summed E-state index contributed by atoms with van der Waals surface area (Å²) >= 11 is 6.75. The molecule has 3 aliphatic rings. The van der Waals surface area contributed by atoms with Gasteiger partial charge in [-0.05, 0) is 63.1 Å². The maximum absolute atomic E-state index is 13.7. The average molecular weight is 534 g/mol. The van der Waals surface area contributed by atoms with Crippen LogP contribution < -0.4 is 5.73 Å². The maximum atomic E-state index is 13.7. The lowest BCUT2D eigenvalue weighted by molar-refractivity contribution is -0.148. The van der Waals surface area contributed by atoms with Gasteiger partial charge in [-0.3, -0.25) is 24.2 Å². The number of amides is 1. The number of rotatable bonds is 6. The van der Waals surface area contributed by atoms with E-state index in [1.165, 1.54) is 11.0 Å². The van der Waals surface area contributed by atoms with Gasteiger partial charge in [0.05, 0.1) is 11.6 Å². The van der Waals surface area contributed by atoms with Gasteiger partial charge in [-0.2, -0.15) is 0 Å². The van der Waals surface area contributed by atoms with Crippen LogP contribution in [0, 0.1) is 11.8 Å². The monoisotopic (exact) mass is 533 g/mol. The van der Waals surface area contributed by atoms with Crippen LogP contribution in [0.5, 0.6) is 5.75 Å². The second-order valence-corrected chi connectivity index (χ2v) is 10.5. The lowest BCUT2D eigenvalue weighted by Crippen LogP contribution is -2.63. The van der Waals surface area contributed by atoms with E-state index < -0.39 is 58.0 Å². The molecule has 0 spiro atoms. The number of benzene rings is 1. The van der Waals surface area contributed by atoms with Gasteiger partial charge in [-0.25, -0.2) is 0 Å². The number of allylic oxidation sites excluding steroid dienone is 1. The molecule has 1 aromatic rings. The largest absolute Gasteiger partial charge is 0.510 e. The SMILES string of the molecule is CCN(CC)Cc1cc(O)c2c(c1Cl)C[C@H]1C[C@H]3[C@H](N(C)C)C(O)=C(C(N)=O)C(=O)[C@@]3(O)C(O)=C1C2=O. The second kappa shape index (κ2) is 9.43. The normalized spacial score (nSPS) is 27.5. The molecular formula is C26H32ClN3O7. The maximum Gasteiger partial charge on any atom is 0.255 e. The lowest BCUT2D eigenvalue weighted by Gasteiger charge is -2.50. The Bertz CT molecular complexity index is 1270. The zero-order valence-electron chi connectivity index (χ0n) is 21.2. The summed E-state index contributed by atoms with van der Waals surface area (Å²) in [5.74, 6) is -6.82. The van der Waals surface area contributed by atoms with Crippen LogP contribution >= 0.6 is 11.6 Å². The number of nitrogens with zero attached hydrogens (tertiary/aromatic N) is 2. The van der Waals surface area contributed by atoms with Crippen molar-refractivity contribution in [1.29, 1.82) is 0 Å². The number of aromatic hydroxyl groups is 1. The summed E-state index contributed by atoms with van der Waals surface area (Å²) in [4.78, 5) is 42.6. The third-order valence-corrected chi connectivity index (χ3v) is 8.49. The van der Waals surface area contributed by atoms with Crippen LogP contribution in [0.4, 0.5) is 0 Å².